The van der Waals surface area contributed by atoms with Gasteiger partial charge in [0.15, 0.2) is 23.9 Å². The van der Waals surface area contributed by atoms with Gasteiger partial charge < -0.3 is 9.15 Å². The van der Waals surface area contributed by atoms with Crippen LogP contribution in [0.3, 0.4) is 0 Å². The van der Waals surface area contributed by atoms with Gasteiger partial charge in [0.25, 0.3) is 0 Å². The molecular weight excluding hydrogens is 306 g/mol. The summed E-state index contributed by atoms with van der Waals surface area (Å²) in [5, 5.41) is 0.859. The standard InChI is InChI=1S/C18H14N3O3/c1-11-19-14-10-13-12(9-16(14)24-11)8-15(17(20-13)18(22)23-2)21-6-4-3-5-7-21/h3-10H,1-2H3/q+1. The summed E-state index contributed by atoms with van der Waals surface area (Å²) in [4.78, 5) is 21.0. The summed E-state index contributed by atoms with van der Waals surface area (Å²) in [5.41, 5.74) is 2.96. The minimum Gasteiger partial charge on any atom is -0.464 e. The van der Waals surface area contributed by atoms with Crippen LogP contribution in [-0.2, 0) is 4.74 Å². The fourth-order valence-corrected chi connectivity index (χ4v) is 2.70. The molecule has 0 aliphatic rings. The van der Waals surface area contributed by atoms with E-state index < -0.39 is 5.97 Å². The first-order chi connectivity index (χ1) is 11.7. The van der Waals surface area contributed by atoms with E-state index in [0.717, 1.165) is 5.39 Å². The highest BCUT2D eigenvalue weighted by atomic mass is 16.5. The Kier molecular flexibility index (Phi) is 3.23. The zero-order valence-electron chi connectivity index (χ0n) is 13.2. The Bertz CT molecular complexity index is 1070. The van der Waals surface area contributed by atoms with Crippen LogP contribution in [0.5, 0.6) is 0 Å². The van der Waals surface area contributed by atoms with Gasteiger partial charge in [0.1, 0.15) is 5.52 Å². The molecule has 0 aliphatic carbocycles. The molecule has 0 saturated heterocycles. The average molecular weight is 320 g/mol. The van der Waals surface area contributed by atoms with Crippen molar-refractivity contribution in [3.63, 3.8) is 0 Å². The van der Waals surface area contributed by atoms with Gasteiger partial charge in [0.2, 0.25) is 11.4 Å². The minimum absolute atomic E-state index is 0.251. The summed E-state index contributed by atoms with van der Waals surface area (Å²) >= 11 is 0. The predicted octanol–water partition coefficient (Wildman–Crippen LogP) is 2.75. The molecule has 1 aromatic carbocycles. The zero-order chi connectivity index (χ0) is 16.7. The molecule has 6 nitrogen and oxygen atoms in total. The number of esters is 1. The molecule has 118 valence electrons. The lowest BCUT2D eigenvalue weighted by molar-refractivity contribution is -0.596. The molecule has 0 amide bonds. The molecule has 0 saturated carbocycles. The first kappa shape index (κ1) is 14.3. The Labute approximate surface area is 137 Å². The van der Waals surface area contributed by atoms with Gasteiger partial charge in [-0.05, 0) is 12.1 Å². The third-order valence-corrected chi connectivity index (χ3v) is 3.78. The van der Waals surface area contributed by atoms with Crippen LogP contribution < -0.4 is 4.57 Å². The molecule has 0 fully saturated rings. The van der Waals surface area contributed by atoms with Crippen molar-refractivity contribution in [3.05, 3.63) is 60.4 Å². The number of aromatic nitrogens is 3. The van der Waals surface area contributed by atoms with Crippen LogP contribution in [0.4, 0.5) is 0 Å². The van der Waals surface area contributed by atoms with Gasteiger partial charge in [-0.1, -0.05) is 6.07 Å². The monoisotopic (exact) mass is 320 g/mol. The molecule has 3 aromatic heterocycles. The number of nitrogens with zero attached hydrogens (tertiary/aromatic N) is 3. The maximum absolute atomic E-state index is 12.2. The van der Waals surface area contributed by atoms with Crippen LogP contribution in [0.2, 0.25) is 0 Å². The van der Waals surface area contributed by atoms with Crippen molar-refractivity contribution in [2.75, 3.05) is 7.11 Å². The van der Waals surface area contributed by atoms with Crippen molar-refractivity contribution in [2.24, 2.45) is 0 Å². The minimum atomic E-state index is -0.486. The molecule has 0 radical (unpaired) electrons. The van der Waals surface area contributed by atoms with E-state index in [1.165, 1.54) is 7.11 Å². The fourth-order valence-electron chi connectivity index (χ4n) is 2.70. The molecule has 4 rings (SSSR count). The van der Waals surface area contributed by atoms with E-state index in [2.05, 4.69) is 9.97 Å². The van der Waals surface area contributed by atoms with Crippen LogP contribution in [0.1, 0.15) is 16.4 Å². The second-order valence-corrected chi connectivity index (χ2v) is 5.38. The Hall–Kier alpha value is -3.28. The lowest BCUT2D eigenvalue weighted by Gasteiger charge is -2.05. The third-order valence-electron chi connectivity index (χ3n) is 3.78. The Morgan fingerprint density at radius 2 is 1.88 bits per heavy atom. The first-order valence-electron chi connectivity index (χ1n) is 7.42. The van der Waals surface area contributed by atoms with Crippen LogP contribution in [0.25, 0.3) is 27.7 Å². The number of carbonyl (C=O) groups excluding carboxylic acids is 1. The number of methoxy groups -OCH3 is 1. The van der Waals surface area contributed by atoms with Crippen molar-refractivity contribution in [2.45, 2.75) is 6.92 Å². The van der Waals surface area contributed by atoms with Gasteiger partial charge in [-0.25, -0.2) is 14.8 Å². The summed E-state index contributed by atoms with van der Waals surface area (Å²) in [6.07, 6.45) is 3.71. The SMILES string of the molecule is COC(=O)c1nc2cc3nc(C)oc3cc2cc1-[n+]1ccccc1. The van der Waals surface area contributed by atoms with E-state index in [4.69, 9.17) is 9.15 Å². The summed E-state index contributed by atoms with van der Waals surface area (Å²) in [6, 6.07) is 11.3. The van der Waals surface area contributed by atoms with Crippen LogP contribution in [-0.4, -0.2) is 23.0 Å². The summed E-state index contributed by atoms with van der Waals surface area (Å²) in [5.74, 6) is 0.103. The van der Waals surface area contributed by atoms with Crippen molar-refractivity contribution < 1.29 is 18.5 Å². The summed E-state index contributed by atoms with van der Waals surface area (Å²) in [7, 11) is 1.35. The molecular formula is C18H14N3O3+. The normalized spacial score (nSPS) is 11.1. The Morgan fingerprint density at radius 1 is 1.08 bits per heavy atom. The topological polar surface area (TPSA) is 69.1 Å². The van der Waals surface area contributed by atoms with Gasteiger partial charge in [0, 0.05) is 30.5 Å². The lowest BCUT2D eigenvalue weighted by Crippen LogP contribution is -2.32. The maximum Gasteiger partial charge on any atom is 0.363 e. The molecule has 3 heterocycles. The molecule has 0 spiro atoms. The summed E-state index contributed by atoms with van der Waals surface area (Å²) in [6.45, 7) is 1.79. The molecule has 6 heteroatoms. The molecule has 24 heavy (non-hydrogen) atoms. The van der Waals surface area contributed by atoms with Crippen LogP contribution >= 0.6 is 0 Å². The second-order valence-electron chi connectivity index (χ2n) is 5.38. The molecule has 0 N–H and O–H groups in total. The van der Waals surface area contributed by atoms with Gasteiger partial charge >= 0.3 is 5.97 Å². The fraction of sp³-hybridized carbons (Fsp3) is 0.111. The van der Waals surface area contributed by atoms with Crippen molar-refractivity contribution in [3.8, 4) is 5.69 Å². The molecule has 0 bridgehead atoms. The highest BCUT2D eigenvalue weighted by Gasteiger charge is 2.23. The van der Waals surface area contributed by atoms with Gasteiger partial charge in [-0.3, -0.25) is 0 Å². The summed E-state index contributed by atoms with van der Waals surface area (Å²) < 4.78 is 12.3. The van der Waals surface area contributed by atoms with Crippen molar-refractivity contribution in [1.82, 2.24) is 9.97 Å². The number of carbonyl (C=O) groups is 1. The quantitative estimate of drug-likeness (QED) is 0.419. The molecule has 0 atom stereocenters. The van der Waals surface area contributed by atoms with E-state index in [9.17, 15) is 4.79 Å². The number of benzene rings is 1. The highest BCUT2D eigenvalue weighted by molar-refractivity contribution is 5.98. The first-order valence-corrected chi connectivity index (χ1v) is 7.42. The second kappa shape index (κ2) is 5.42. The smallest absolute Gasteiger partial charge is 0.363 e. The number of ether oxygens (including phenoxy) is 1. The average Bonchev–Trinajstić information content (AvgIpc) is 2.97. The Balaban J connectivity index is 2.04. The number of pyridine rings is 2. The lowest BCUT2D eigenvalue weighted by atomic mass is 10.1. The molecule has 0 aliphatic heterocycles. The highest BCUT2D eigenvalue weighted by Crippen LogP contribution is 2.24. The van der Waals surface area contributed by atoms with Crippen LogP contribution in [0.15, 0.2) is 53.2 Å². The number of fused-ring (bicyclic) bond motifs is 2. The van der Waals surface area contributed by atoms with Crippen molar-refractivity contribution in [1.29, 1.82) is 0 Å². The predicted molar refractivity (Wildman–Crippen MR) is 86.9 cm³/mol. The molecule has 0 unspecified atom stereocenters. The number of hydrogen-bond donors (Lipinski definition) is 0. The third kappa shape index (κ3) is 2.28. The zero-order valence-corrected chi connectivity index (χ0v) is 13.2. The largest absolute Gasteiger partial charge is 0.464 e. The number of rotatable bonds is 2. The van der Waals surface area contributed by atoms with Gasteiger partial charge in [0.05, 0.1) is 12.6 Å². The van der Waals surface area contributed by atoms with E-state index in [0.29, 0.717) is 28.2 Å². The number of oxazole rings is 1. The van der Waals surface area contributed by atoms with Gasteiger partial charge in [-0.2, -0.15) is 4.57 Å². The van der Waals surface area contributed by atoms with E-state index in [-0.39, 0.29) is 5.69 Å². The molecule has 4 aromatic rings. The van der Waals surface area contributed by atoms with Crippen molar-refractivity contribution >= 4 is 28.0 Å². The van der Waals surface area contributed by atoms with Crippen LogP contribution in [0, 0.1) is 6.92 Å². The Morgan fingerprint density at radius 3 is 2.62 bits per heavy atom. The number of hydrogen-bond acceptors (Lipinski definition) is 5. The number of aryl methyl sites for hydroxylation is 1. The van der Waals surface area contributed by atoms with Gasteiger partial charge in [-0.15, -0.1) is 0 Å². The van der Waals surface area contributed by atoms with E-state index >= 15 is 0 Å². The van der Waals surface area contributed by atoms with E-state index in [1.54, 1.807) is 6.92 Å². The maximum atomic E-state index is 12.2. The van der Waals surface area contributed by atoms with E-state index in [1.807, 2.05) is 53.4 Å².